The maximum atomic E-state index is 10.7. The van der Waals surface area contributed by atoms with E-state index in [4.69, 9.17) is 0 Å². The van der Waals surface area contributed by atoms with E-state index in [9.17, 15) is 4.79 Å². The van der Waals surface area contributed by atoms with E-state index < -0.39 is 0 Å². The number of benzene rings is 1. The molecule has 0 fully saturated rings. The van der Waals surface area contributed by atoms with Gasteiger partial charge >= 0.3 is 0 Å². The van der Waals surface area contributed by atoms with Gasteiger partial charge in [-0.15, -0.1) is 24.0 Å². The number of carbonyl (C=O) groups excluding carboxylic acids is 1. The minimum Gasteiger partial charge on any atom is -0.297 e. The quantitative estimate of drug-likeness (QED) is 0.562. The number of thiophene rings is 1. The average Bonchev–Trinajstić information content (AvgIpc) is 2.44. The lowest BCUT2D eigenvalue weighted by Crippen LogP contribution is -1.75. The molecular weight excluding hydrogens is 200 g/mol. The van der Waals surface area contributed by atoms with Gasteiger partial charge in [0.15, 0.2) is 6.29 Å². The summed E-state index contributed by atoms with van der Waals surface area (Å²) in [5.41, 5.74) is 1.17. The Morgan fingerprint density at radius 3 is 2.85 bits per heavy atom. The van der Waals surface area contributed by atoms with Crippen LogP contribution in [0.5, 0.6) is 0 Å². The Hall–Kier alpha value is -0.800. The number of thiol groups is 1. The van der Waals surface area contributed by atoms with Crippen molar-refractivity contribution in [1.82, 2.24) is 0 Å². The molecular formula is C10H8OS2. The van der Waals surface area contributed by atoms with Crippen LogP contribution in [0.15, 0.2) is 23.1 Å². The van der Waals surface area contributed by atoms with Crippen molar-refractivity contribution in [3.63, 3.8) is 0 Å². The molecule has 2 rings (SSSR count). The van der Waals surface area contributed by atoms with Crippen molar-refractivity contribution in [2.45, 2.75) is 11.8 Å². The first-order valence-corrected chi connectivity index (χ1v) is 5.16. The zero-order valence-corrected chi connectivity index (χ0v) is 8.78. The lowest BCUT2D eigenvalue weighted by Gasteiger charge is -1.95. The summed E-state index contributed by atoms with van der Waals surface area (Å²) in [6, 6.07) is 6.04. The second-order valence-electron chi connectivity index (χ2n) is 2.88. The van der Waals surface area contributed by atoms with Crippen molar-refractivity contribution in [1.29, 1.82) is 0 Å². The number of hydrogen-bond acceptors (Lipinski definition) is 3. The Bertz CT molecular complexity index is 471. The van der Waals surface area contributed by atoms with Crippen molar-refractivity contribution >= 4 is 40.3 Å². The number of aryl methyl sites for hydroxylation is 1. The fourth-order valence-corrected chi connectivity index (χ4v) is 2.96. The van der Waals surface area contributed by atoms with E-state index in [0.717, 1.165) is 21.3 Å². The van der Waals surface area contributed by atoms with E-state index in [1.54, 1.807) is 0 Å². The molecule has 0 radical (unpaired) electrons. The zero-order valence-electron chi connectivity index (χ0n) is 7.07. The van der Waals surface area contributed by atoms with Crippen LogP contribution in [0.2, 0.25) is 0 Å². The van der Waals surface area contributed by atoms with Crippen molar-refractivity contribution < 1.29 is 4.79 Å². The van der Waals surface area contributed by atoms with Crippen molar-refractivity contribution in [3.8, 4) is 0 Å². The van der Waals surface area contributed by atoms with Crippen LogP contribution in [0.25, 0.3) is 10.1 Å². The maximum absolute atomic E-state index is 10.7. The highest BCUT2D eigenvalue weighted by Gasteiger charge is 2.09. The second-order valence-corrected chi connectivity index (χ2v) is 4.41. The molecule has 0 N–H and O–H groups in total. The molecule has 0 amide bonds. The summed E-state index contributed by atoms with van der Waals surface area (Å²) in [6.07, 6.45) is 0.867. The zero-order chi connectivity index (χ0) is 9.42. The van der Waals surface area contributed by atoms with Gasteiger partial charge in [0, 0.05) is 15.0 Å². The molecule has 1 heterocycles. The van der Waals surface area contributed by atoms with Crippen LogP contribution in [0.4, 0.5) is 0 Å². The molecule has 13 heavy (non-hydrogen) atoms. The van der Waals surface area contributed by atoms with Crippen molar-refractivity contribution in [3.05, 3.63) is 28.6 Å². The lowest BCUT2D eigenvalue weighted by atomic mass is 10.1. The first kappa shape index (κ1) is 8.78. The fourth-order valence-electron chi connectivity index (χ4n) is 1.40. The van der Waals surface area contributed by atoms with Gasteiger partial charge in [0.25, 0.3) is 0 Å². The molecule has 0 bridgehead atoms. The number of rotatable bonds is 1. The fraction of sp³-hybridized carbons (Fsp3) is 0.100. The van der Waals surface area contributed by atoms with E-state index in [1.807, 2.05) is 25.1 Å². The summed E-state index contributed by atoms with van der Waals surface area (Å²) in [7, 11) is 0. The minimum absolute atomic E-state index is 0.715. The topological polar surface area (TPSA) is 17.1 Å². The van der Waals surface area contributed by atoms with Gasteiger partial charge in [-0.2, -0.15) is 0 Å². The Labute approximate surface area is 85.8 Å². The predicted molar refractivity (Wildman–Crippen MR) is 59.2 cm³/mol. The third kappa shape index (κ3) is 1.28. The van der Waals surface area contributed by atoms with Crippen LogP contribution in [-0.4, -0.2) is 6.29 Å². The standard InChI is InChI=1S/C10H8OS2/c1-6-3-2-4-7-9(6)10(12)8(5-11)13-7/h2-5,12H,1H3. The summed E-state index contributed by atoms with van der Waals surface area (Å²) >= 11 is 5.84. The second kappa shape index (κ2) is 3.16. The monoisotopic (exact) mass is 208 g/mol. The highest BCUT2D eigenvalue weighted by Crippen LogP contribution is 2.34. The Morgan fingerprint density at radius 2 is 2.23 bits per heavy atom. The van der Waals surface area contributed by atoms with E-state index in [-0.39, 0.29) is 0 Å². The summed E-state index contributed by atoms with van der Waals surface area (Å²) in [5, 5.41) is 1.11. The number of hydrogen-bond donors (Lipinski definition) is 1. The Balaban J connectivity index is 2.92. The van der Waals surface area contributed by atoms with E-state index >= 15 is 0 Å². The van der Waals surface area contributed by atoms with Gasteiger partial charge in [-0.05, 0) is 18.6 Å². The van der Waals surface area contributed by atoms with Gasteiger partial charge in [0.1, 0.15) is 0 Å². The Kier molecular flexibility index (Phi) is 2.14. The van der Waals surface area contributed by atoms with Gasteiger partial charge in [0.05, 0.1) is 4.88 Å². The molecule has 0 saturated carbocycles. The van der Waals surface area contributed by atoms with Crippen LogP contribution in [-0.2, 0) is 0 Å². The molecule has 0 spiro atoms. The summed E-state index contributed by atoms with van der Waals surface area (Å²) in [5.74, 6) is 0. The molecule has 1 aromatic heterocycles. The summed E-state index contributed by atoms with van der Waals surface area (Å²) < 4.78 is 1.13. The molecule has 3 heteroatoms. The molecule has 0 aliphatic carbocycles. The SMILES string of the molecule is Cc1cccc2sc(C=O)c(S)c12. The average molecular weight is 208 g/mol. The van der Waals surface area contributed by atoms with Crippen LogP contribution in [0.3, 0.4) is 0 Å². The van der Waals surface area contributed by atoms with Crippen molar-refractivity contribution in [2.75, 3.05) is 0 Å². The van der Waals surface area contributed by atoms with Crippen LogP contribution < -0.4 is 0 Å². The van der Waals surface area contributed by atoms with Crippen LogP contribution in [0, 0.1) is 6.92 Å². The molecule has 1 aromatic carbocycles. The van der Waals surface area contributed by atoms with Gasteiger partial charge in [0.2, 0.25) is 0 Å². The minimum atomic E-state index is 0.715. The first-order chi connectivity index (χ1) is 6.24. The number of carbonyl (C=O) groups is 1. The van der Waals surface area contributed by atoms with E-state index in [1.165, 1.54) is 16.9 Å². The smallest absolute Gasteiger partial charge is 0.161 e. The molecule has 0 aliphatic rings. The largest absolute Gasteiger partial charge is 0.297 e. The van der Waals surface area contributed by atoms with Gasteiger partial charge in [-0.1, -0.05) is 12.1 Å². The third-order valence-corrected chi connectivity index (χ3v) is 3.73. The summed E-state index contributed by atoms with van der Waals surface area (Å²) in [4.78, 5) is 12.2. The number of fused-ring (bicyclic) bond motifs is 1. The lowest BCUT2D eigenvalue weighted by molar-refractivity contribution is 0.112. The summed E-state index contributed by atoms with van der Waals surface area (Å²) in [6.45, 7) is 2.03. The molecule has 0 unspecified atom stereocenters. The number of aldehydes is 1. The highest BCUT2D eigenvalue weighted by atomic mass is 32.1. The van der Waals surface area contributed by atoms with Gasteiger partial charge in [-0.3, -0.25) is 4.79 Å². The molecule has 0 aliphatic heterocycles. The first-order valence-electron chi connectivity index (χ1n) is 3.90. The molecule has 0 atom stereocenters. The molecule has 1 nitrogen and oxygen atoms in total. The van der Waals surface area contributed by atoms with Crippen LogP contribution in [0.1, 0.15) is 15.2 Å². The van der Waals surface area contributed by atoms with Gasteiger partial charge in [-0.25, -0.2) is 0 Å². The molecule has 2 aromatic rings. The van der Waals surface area contributed by atoms with Crippen molar-refractivity contribution in [2.24, 2.45) is 0 Å². The normalized spacial score (nSPS) is 10.6. The Morgan fingerprint density at radius 1 is 1.46 bits per heavy atom. The van der Waals surface area contributed by atoms with Gasteiger partial charge < -0.3 is 0 Å². The highest BCUT2D eigenvalue weighted by molar-refractivity contribution is 7.81. The molecule has 0 saturated heterocycles. The predicted octanol–water partition coefficient (Wildman–Crippen LogP) is 3.31. The maximum Gasteiger partial charge on any atom is 0.161 e. The van der Waals surface area contributed by atoms with Crippen LogP contribution >= 0.6 is 24.0 Å². The van der Waals surface area contributed by atoms with E-state index in [2.05, 4.69) is 12.6 Å². The third-order valence-electron chi connectivity index (χ3n) is 2.03. The molecule has 66 valence electrons. The van der Waals surface area contributed by atoms with E-state index in [0.29, 0.717) is 4.88 Å².